The largest absolute Gasteiger partial charge is 0.372 e. The molecule has 3 aromatic rings. The molecule has 1 N–H and O–H groups in total. The number of rotatable bonds is 4. The standard InChI is InChI=1S/C19H21N5O/c1-20-19-18(22-7-8-23-19)17-13-24(9-10-25-17)12-14-4-5-16-15(11-14)3-2-6-21-16/h2-8,11,17H,9-10,12-13H2,1H3,(H,20,23). The number of hydrogen-bond acceptors (Lipinski definition) is 6. The van der Waals surface area contributed by atoms with Gasteiger partial charge in [0.05, 0.1) is 12.1 Å². The average Bonchev–Trinajstić information content (AvgIpc) is 2.68. The van der Waals surface area contributed by atoms with E-state index in [9.17, 15) is 0 Å². The highest BCUT2D eigenvalue weighted by molar-refractivity contribution is 5.78. The van der Waals surface area contributed by atoms with Gasteiger partial charge in [0.25, 0.3) is 0 Å². The van der Waals surface area contributed by atoms with Crippen LogP contribution in [-0.2, 0) is 11.3 Å². The van der Waals surface area contributed by atoms with Gasteiger partial charge in [0.15, 0.2) is 0 Å². The lowest BCUT2D eigenvalue weighted by Crippen LogP contribution is -2.38. The predicted octanol–water partition coefficient (Wildman–Crippen LogP) is 2.64. The third-order valence-electron chi connectivity index (χ3n) is 4.49. The molecule has 0 aliphatic carbocycles. The van der Waals surface area contributed by atoms with Gasteiger partial charge in [-0.1, -0.05) is 12.1 Å². The molecule has 25 heavy (non-hydrogen) atoms. The minimum absolute atomic E-state index is 0.0629. The summed E-state index contributed by atoms with van der Waals surface area (Å²) >= 11 is 0. The van der Waals surface area contributed by atoms with Crippen LogP contribution in [0.25, 0.3) is 10.9 Å². The van der Waals surface area contributed by atoms with E-state index in [0.717, 1.165) is 36.7 Å². The Morgan fingerprint density at radius 2 is 2.08 bits per heavy atom. The zero-order valence-corrected chi connectivity index (χ0v) is 14.2. The fourth-order valence-electron chi connectivity index (χ4n) is 3.27. The summed E-state index contributed by atoms with van der Waals surface area (Å²) in [6, 6.07) is 10.5. The number of fused-ring (bicyclic) bond motifs is 1. The molecule has 0 saturated carbocycles. The lowest BCUT2D eigenvalue weighted by molar-refractivity contribution is -0.0347. The maximum absolute atomic E-state index is 5.95. The van der Waals surface area contributed by atoms with E-state index in [1.165, 1.54) is 10.9 Å². The van der Waals surface area contributed by atoms with Gasteiger partial charge in [0.1, 0.15) is 17.6 Å². The van der Waals surface area contributed by atoms with Gasteiger partial charge in [-0.3, -0.25) is 14.9 Å². The van der Waals surface area contributed by atoms with Crippen molar-refractivity contribution in [1.82, 2.24) is 19.9 Å². The molecular weight excluding hydrogens is 314 g/mol. The fourth-order valence-corrected chi connectivity index (χ4v) is 3.27. The Kier molecular flexibility index (Phi) is 4.54. The molecule has 1 aliphatic heterocycles. The van der Waals surface area contributed by atoms with Crippen LogP contribution in [0.1, 0.15) is 17.4 Å². The summed E-state index contributed by atoms with van der Waals surface area (Å²) in [6.07, 6.45) is 5.18. The van der Waals surface area contributed by atoms with Gasteiger partial charge in [-0.2, -0.15) is 0 Å². The predicted molar refractivity (Wildman–Crippen MR) is 97.3 cm³/mol. The molecule has 6 nitrogen and oxygen atoms in total. The highest BCUT2D eigenvalue weighted by Gasteiger charge is 2.25. The van der Waals surface area contributed by atoms with Crippen LogP contribution in [0.5, 0.6) is 0 Å². The number of anilines is 1. The SMILES string of the molecule is CNc1nccnc1C1CN(Cc2ccc3ncccc3c2)CCO1. The third-order valence-corrected chi connectivity index (χ3v) is 4.49. The van der Waals surface area contributed by atoms with Crippen molar-refractivity contribution in [2.24, 2.45) is 0 Å². The zero-order valence-electron chi connectivity index (χ0n) is 14.2. The van der Waals surface area contributed by atoms with Crippen LogP contribution in [0, 0.1) is 0 Å². The molecule has 0 bridgehead atoms. The van der Waals surface area contributed by atoms with Crippen molar-refractivity contribution in [2.75, 3.05) is 32.1 Å². The lowest BCUT2D eigenvalue weighted by atomic mass is 10.1. The summed E-state index contributed by atoms with van der Waals surface area (Å²) in [4.78, 5) is 15.6. The van der Waals surface area contributed by atoms with Crippen molar-refractivity contribution in [2.45, 2.75) is 12.6 Å². The molecule has 1 saturated heterocycles. The second kappa shape index (κ2) is 7.13. The minimum Gasteiger partial charge on any atom is -0.372 e. The van der Waals surface area contributed by atoms with Crippen LogP contribution in [0.3, 0.4) is 0 Å². The van der Waals surface area contributed by atoms with Gasteiger partial charge in [0, 0.05) is 50.7 Å². The summed E-state index contributed by atoms with van der Waals surface area (Å²) in [5.74, 6) is 0.783. The number of nitrogens with one attached hydrogen (secondary N) is 1. The molecule has 1 atom stereocenters. The summed E-state index contributed by atoms with van der Waals surface area (Å²) in [5, 5.41) is 4.28. The topological polar surface area (TPSA) is 63.2 Å². The molecule has 0 amide bonds. The van der Waals surface area contributed by atoms with Crippen molar-refractivity contribution in [1.29, 1.82) is 0 Å². The van der Waals surface area contributed by atoms with Gasteiger partial charge in [-0.15, -0.1) is 0 Å². The van der Waals surface area contributed by atoms with Crippen molar-refractivity contribution in [3.63, 3.8) is 0 Å². The van der Waals surface area contributed by atoms with Gasteiger partial charge in [0.2, 0.25) is 0 Å². The van der Waals surface area contributed by atoms with E-state index in [2.05, 4.69) is 49.4 Å². The smallest absolute Gasteiger partial charge is 0.150 e. The fraction of sp³-hybridized carbons (Fsp3) is 0.316. The number of hydrogen-bond donors (Lipinski definition) is 1. The summed E-state index contributed by atoms with van der Waals surface area (Å²) in [6.45, 7) is 3.30. The first kappa shape index (κ1) is 15.9. The monoisotopic (exact) mass is 335 g/mol. The van der Waals surface area contributed by atoms with Gasteiger partial charge in [-0.25, -0.2) is 4.98 Å². The molecule has 3 heterocycles. The molecule has 128 valence electrons. The zero-order chi connectivity index (χ0) is 17.1. The van der Waals surface area contributed by atoms with E-state index >= 15 is 0 Å². The second-order valence-corrected chi connectivity index (χ2v) is 6.17. The molecule has 0 spiro atoms. The molecule has 1 fully saturated rings. The van der Waals surface area contributed by atoms with Gasteiger partial charge < -0.3 is 10.1 Å². The highest BCUT2D eigenvalue weighted by atomic mass is 16.5. The molecular formula is C19H21N5O. The second-order valence-electron chi connectivity index (χ2n) is 6.17. The summed E-state index contributed by atoms with van der Waals surface area (Å²) in [7, 11) is 1.86. The Bertz CT molecular complexity index is 869. The molecule has 0 radical (unpaired) electrons. The van der Waals surface area contributed by atoms with E-state index < -0.39 is 0 Å². The number of nitrogens with zero attached hydrogens (tertiary/aromatic N) is 4. The van der Waals surface area contributed by atoms with E-state index in [0.29, 0.717) is 6.61 Å². The Balaban J connectivity index is 1.50. The minimum atomic E-state index is -0.0629. The van der Waals surface area contributed by atoms with Crippen LogP contribution in [-0.4, -0.2) is 46.6 Å². The van der Waals surface area contributed by atoms with Crippen molar-refractivity contribution >= 4 is 16.7 Å². The van der Waals surface area contributed by atoms with Crippen molar-refractivity contribution < 1.29 is 4.74 Å². The average molecular weight is 335 g/mol. The number of morpholine rings is 1. The molecule has 1 unspecified atom stereocenters. The van der Waals surface area contributed by atoms with Crippen LogP contribution in [0.15, 0.2) is 48.9 Å². The Morgan fingerprint density at radius 3 is 3.00 bits per heavy atom. The first-order valence-corrected chi connectivity index (χ1v) is 8.50. The van der Waals surface area contributed by atoms with E-state index in [4.69, 9.17) is 4.74 Å². The lowest BCUT2D eigenvalue weighted by Gasteiger charge is -2.33. The Hall–Kier alpha value is -2.57. The Labute approximate surface area is 146 Å². The normalized spacial score (nSPS) is 18.4. The quantitative estimate of drug-likeness (QED) is 0.791. The number of benzene rings is 1. The number of pyridine rings is 1. The summed E-state index contributed by atoms with van der Waals surface area (Å²) < 4.78 is 5.95. The molecule has 2 aromatic heterocycles. The highest BCUT2D eigenvalue weighted by Crippen LogP contribution is 2.26. The first-order chi connectivity index (χ1) is 12.3. The molecule has 1 aliphatic rings. The molecule has 4 rings (SSSR count). The number of aromatic nitrogens is 3. The van der Waals surface area contributed by atoms with Crippen LogP contribution in [0.4, 0.5) is 5.82 Å². The third kappa shape index (κ3) is 3.45. The van der Waals surface area contributed by atoms with Crippen molar-refractivity contribution in [3.8, 4) is 0 Å². The Morgan fingerprint density at radius 1 is 1.16 bits per heavy atom. The van der Waals surface area contributed by atoms with Crippen LogP contribution < -0.4 is 5.32 Å². The first-order valence-electron chi connectivity index (χ1n) is 8.50. The van der Waals surface area contributed by atoms with E-state index in [1.807, 2.05) is 19.3 Å². The maximum atomic E-state index is 5.95. The van der Waals surface area contributed by atoms with Gasteiger partial charge in [-0.05, 0) is 23.8 Å². The summed E-state index contributed by atoms with van der Waals surface area (Å²) in [5.41, 5.74) is 3.19. The van der Waals surface area contributed by atoms with Crippen LogP contribution in [0.2, 0.25) is 0 Å². The van der Waals surface area contributed by atoms with E-state index in [1.54, 1.807) is 12.4 Å². The van der Waals surface area contributed by atoms with Crippen molar-refractivity contribution in [3.05, 3.63) is 60.2 Å². The molecule has 1 aromatic carbocycles. The van der Waals surface area contributed by atoms with Crippen LogP contribution >= 0.6 is 0 Å². The number of ether oxygens (including phenoxy) is 1. The van der Waals surface area contributed by atoms with E-state index in [-0.39, 0.29) is 6.10 Å². The van der Waals surface area contributed by atoms with Gasteiger partial charge >= 0.3 is 0 Å². The maximum Gasteiger partial charge on any atom is 0.150 e. The molecule has 6 heteroatoms.